The van der Waals surface area contributed by atoms with Crippen LogP contribution in [0.5, 0.6) is 0 Å². The summed E-state index contributed by atoms with van der Waals surface area (Å²) in [4.78, 5) is 12.7. The third-order valence-corrected chi connectivity index (χ3v) is 3.86. The summed E-state index contributed by atoms with van der Waals surface area (Å²) in [6.07, 6.45) is 1.60. The molecule has 0 spiro atoms. The van der Waals surface area contributed by atoms with Gasteiger partial charge in [-0.1, -0.05) is 30.3 Å². The molecule has 0 bridgehead atoms. The first kappa shape index (κ1) is 12.7. The Morgan fingerprint density at radius 1 is 1.10 bits per heavy atom. The van der Waals surface area contributed by atoms with Gasteiger partial charge in [0.05, 0.1) is 17.7 Å². The Hall–Kier alpha value is -2.33. The van der Waals surface area contributed by atoms with E-state index < -0.39 is 0 Å². The van der Waals surface area contributed by atoms with Gasteiger partial charge in [0.2, 0.25) is 0 Å². The maximum atomic E-state index is 12.0. The summed E-state index contributed by atoms with van der Waals surface area (Å²) < 4.78 is 5.18. The number of thiophene rings is 1. The first-order valence-electron chi connectivity index (χ1n) is 6.27. The minimum absolute atomic E-state index is 0.0754. The van der Waals surface area contributed by atoms with Crippen molar-refractivity contribution in [3.8, 4) is 11.1 Å². The molecule has 3 nitrogen and oxygen atoms in total. The van der Waals surface area contributed by atoms with E-state index in [0.717, 1.165) is 16.9 Å². The standard InChI is InChI=1S/C16H13NO2S/c18-16(17-10-14-7-4-8-19-14)15-9-13(11-20-15)12-5-2-1-3-6-12/h1-9,11H,10H2,(H,17,18). The Labute approximate surface area is 120 Å². The smallest absolute Gasteiger partial charge is 0.261 e. The summed E-state index contributed by atoms with van der Waals surface area (Å²) in [7, 11) is 0. The number of carbonyl (C=O) groups is 1. The summed E-state index contributed by atoms with van der Waals surface area (Å²) in [5, 5.41) is 4.84. The summed E-state index contributed by atoms with van der Waals surface area (Å²) in [6.45, 7) is 0.407. The maximum Gasteiger partial charge on any atom is 0.261 e. The van der Waals surface area contributed by atoms with Crippen molar-refractivity contribution in [1.82, 2.24) is 5.32 Å². The number of nitrogens with one attached hydrogen (secondary N) is 1. The maximum absolute atomic E-state index is 12.0. The molecule has 2 heterocycles. The second-order valence-electron chi connectivity index (χ2n) is 4.33. The Balaban J connectivity index is 1.69. The molecule has 0 atom stereocenters. The second kappa shape index (κ2) is 5.75. The topological polar surface area (TPSA) is 42.2 Å². The van der Waals surface area contributed by atoms with E-state index >= 15 is 0 Å². The molecule has 0 unspecified atom stereocenters. The van der Waals surface area contributed by atoms with Gasteiger partial charge in [0.15, 0.2) is 0 Å². The van der Waals surface area contributed by atoms with Gasteiger partial charge in [-0.15, -0.1) is 11.3 Å². The molecule has 2 aromatic heterocycles. The number of benzene rings is 1. The van der Waals surface area contributed by atoms with Crippen molar-refractivity contribution in [2.75, 3.05) is 0 Å². The Morgan fingerprint density at radius 3 is 2.70 bits per heavy atom. The SMILES string of the molecule is O=C(NCc1ccco1)c1cc(-c2ccccc2)cs1. The van der Waals surface area contributed by atoms with Crippen LogP contribution >= 0.6 is 11.3 Å². The highest BCUT2D eigenvalue weighted by molar-refractivity contribution is 7.12. The van der Waals surface area contributed by atoms with E-state index in [1.54, 1.807) is 12.3 Å². The van der Waals surface area contributed by atoms with Gasteiger partial charge < -0.3 is 9.73 Å². The number of hydrogen-bond acceptors (Lipinski definition) is 3. The van der Waals surface area contributed by atoms with Crippen molar-refractivity contribution in [1.29, 1.82) is 0 Å². The van der Waals surface area contributed by atoms with Gasteiger partial charge >= 0.3 is 0 Å². The largest absolute Gasteiger partial charge is 0.467 e. The van der Waals surface area contributed by atoms with E-state index in [2.05, 4.69) is 5.32 Å². The fraction of sp³-hybridized carbons (Fsp3) is 0.0625. The minimum atomic E-state index is -0.0754. The molecule has 0 saturated carbocycles. The average Bonchev–Trinajstić information content (AvgIpc) is 3.17. The van der Waals surface area contributed by atoms with E-state index in [1.807, 2.05) is 47.8 Å². The third-order valence-electron chi connectivity index (χ3n) is 2.93. The number of amides is 1. The van der Waals surface area contributed by atoms with E-state index in [4.69, 9.17) is 4.42 Å². The fourth-order valence-electron chi connectivity index (χ4n) is 1.90. The van der Waals surface area contributed by atoms with E-state index in [9.17, 15) is 4.79 Å². The van der Waals surface area contributed by atoms with Gasteiger partial charge in [-0.3, -0.25) is 4.79 Å². The lowest BCUT2D eigenvalue weighted by Gasteiger charge is -2.00. The van der Waals surface area contributed by atoms with Crippen LogP contribution in [0.15, 0.2) is 64.6 Å². The van der Waals surface area contributed by atoms with Crippen LogP contribution in [0, 0.1) is 0 Å². The van der Waals surface area contributed by atoms with E-state index in [0.29, 0.717) is 11.4 Å². The average molecular weight is 283 g/mol. The monoisotopic (exact) mass is 283 g/mol. The quantitative estimate of drug-likeness (QED) is 0.788. The van der Waals surface area contributed by atoms with Crippen LogP contribution in [0.2, 0.25) is 0 Å². The number of hydrogen-bond donors (Lipinski definition) is 1. The molecule has 0 saturated heterocycles. The van der Waals surface area contributed by atoms with Crippen molar-refractivity contribution < 1.29 is 9.21 Å². The molecule has 0 radical (unpaired) electrons. The molecule has 1 amide bonds. The third kappa shape index (κ3) is 2.81. The summed E-state index contributed by atoms with van der Waals surface area (Å²) >= 11 is 1.45. The Morgan fingerprint density at radius 2 is 1.95 bits per heavy atom. The van der Waals surface area contributed by atoms with Gasteiger partial charge in [-0.2, -0.15) is 0 Å². The zero-order chi connectivity index (χ0) is 13.8. The highest BCUT2D eigenvalue weighted by Gasteiger charge is 2.10. The zero-order valence-electron chi connectivity index (χ0n) is 10.7. The van der Waals surface area contributed by atoms with E-state index in [-0.39, 0.29) is 5.91 Å². The molecular weight excluding hydrogens is 270 g/mol. The lowest BCUT2D eigenvalue weighted by atomic mass is 10.1. The molecule has 1 aromatic carbocycles. The molecule has 1 N–H and O–H groups in total. The van der Waals surface area contributed by atoms with Crippen LogP contribution < -0.4 is 5.32 Å². The molecule has 0 fully saturated rings. The van der Waals surface area contributed by atoms with Crippen LogP contribution in [-0.4, -0.2) is 5.91 Å². The molecule has 100 valence electrons. The van der Waals surface area contributed by atoms with Crippen LogP contribution in [0.25, 0.3) is 11.1 Å². The highest BCUT2D eigenvalue weighted by atomic mass is 32.1. The molecule has 3 rings (SSSR count). The van der Waals surface area contributed by atoms with Crippen LogP contribution in [-0.2, 0) is 6.54 Å². The van der Waals surface area contributed by atoms with Gasteiger partial charge in [-0.05, 0) is 34.7 Å². The van der Waals surface area contributed by atoms with Crippen molar-refractivity contribution in [2.45, 2.75) is 6.54 Å². The fourth-order valence-corrected chi connectivity index (χ4v) is 2.74. The van der Waals surface area contributed by atoms with E-state index in [1.165, 1.54) is 11.3 Å². The molecule has 4 heteroatoms. The number of carbonyl (C=O) groups excluding carboxylic acids is 1. The summed E-state index contributed by atoms with van der Waals surface area (Å²) in [5.41, 5.74) is 2.19. The Kier molecular flexibility index (Phi) is 3.65. The van der Waals surface area contributed by atoms with Crippen molar-refractivity contribution in [2.24, 2.45) is 0 Å². The lowest BCUT2D eigenvalue weighted by Crippen LogP contribution is -2.21. The normalized spacial score (nSPS) is 10.4. The molecule has 3 aromatic rings. The van der Waals surface area contributed by atoms with Crippen molar-refractivity contribution >= 4 is 17.2 Å². The first-order valence-corrected chi connectivity index (χ1v) is 7.15. The minimum Gasteiger partial charge on any atom is -0.467 e. The lowest BCUT2D eigenvalue weighted by molar-refractivity contribution is 0.0952. The predicted molar refractivity (Wildman–Crippen MR) is 79.6 cm³/mol. The molecule has 20 heavy (non-hydrogen) atoms. The summed E-state index contributed by atoms with van der Waals surface area (Å²) in [5.74, 6) is 0.673. The summed E-state index contributed by atoms with van der Waals surface area (Å²) in [6, 6.07) is 15.6. The zero-order valence-corrected chi connectivity index (χ0v) is 11.5. The van der Waals surface area contributed by atoms with Crippen molar-refractivity contribution in [3.05, 3.63) is 70.8 Å². The first-order chi connectivity index (χ1) is 9.83. The van der Waals surface area contributed by atoms with Crippen LogP contribution in [0.3, 0.4) is 0 Å². The van der Waals surface area contributed by atoms with Gasteiger partial charge in [0, 0.05) is 0 Å². The van der Waals surface area contributed by atoms with Crippen molar-refractivity contribution in [3.63, 3.8) is 0 Å². The van der Waals surface area contributed by atoms with Crippen LogP contribution in [0.1, 0.15) is 15.4 Å². The number of furan rings is 1. The number of rotatable bonds is 4. The van der Waals surface area contributed by atoms with Gasteiger partial charge in [0.1, 0.15) is 5.76 Å². The van der Waals surface area contributed by atoms with Gasteiger partial charge in [-0.25, -0.2) is 0 Å². The molecular formula is C16H13NO2S. The highest BCUT2D eigenvalue weighted by Crippen LogP contribution is 2.25. The molecule has 0 aliphatic carbocycles. The Bertz CT molecular complexity index is 686. The predicted octanol–water partition coefficient (Wildman–Crippen LogP) is 3.94. The van der Waals surface area contributed by atoms with Crippen LogP contribution in [0.4, 0.5) is 0 Å². The second-order valence-corrected chi connectivity index (χ2v) is 5.24. The molecule has 0 aliphatic rings. The molecule has 0 aliphatic heterocycles. The van der Waals surface area contributed by atoms with Gasteiger partial charge in [0.25, 0.3) is 5.91 Å².